The zero-order valence-corrected chi connectivity index (χ0v) is 31.4. The Morgan fingerprint density at radius 3 is 2.40 bits per heavy atom. The Labute approximate surface area is 310 Å². The second-order valence-electron chi connectivity index (χ2n) is 15.7. The standard InChI is InChI=1S/C42H49FN6O4/c1-23(2)25(5)41(51)48-17-7-8-36(48)39-44-22-35(47-39)28-14-11-26(12-15-28)9-10-27-13-16-33-34(18-27)46-40(45-33)38-31-19-29(20-32(31)43)49(38)42(52)30(24(3)4)21-37(50)53-6/h11-16,18,22-25,29-32,36,38H,7-8,17,19-21H2,1-6H3,(H,44,47)(H,45,46)/t25-,29+,30-,31+,32-,36-,38-/m0/s1. The van der Waals surface area contributed by atoms with Crippen LogP contribution in [-0.2, 0) is 19.1 Å². The van der Waals surface area contributed by atoms with Crippen LogP contribution in [0.4, 0.5) is 4.39 Å². The number of carbonyl (C=O) groups is 3. The van der Waals surface area contributed by atoms with E-state index in [1.54, 1.807) is 4.90 Å². The van der Waals surface area contributed by atoms with Gasteiger partial charge in [0.25, 0.3) is 0 Å². The number of amides is 2. The highest BCUT2D eigenvalue weighted by Crippen LogP contribution is 2.52. The zero-order valence-electron chi connectivity index (χ0n) is 31.4. The molecule has 0 spiro atoms. The molecule has 2 aromatic heterocycles. The van der Waals surface area contributed by atoms with Gasteiger partial charge < -0.3 is 24.5 Å². The molecule has 2 saturated heterocycles. The minimum absolute atomic E-state index is 0.0117. The fourth-order valence-electron chi connectivity index (χ4n) is 8.33. The number of hydrogen-bond donors (Lipinski definition) is 2. The van der Waals surface area contributed by atoms with E-state index in [4.69, 9.17) is 9.72 Å². The van der Waals surface area contributed by atoms with Gasteiger partial charge in [0.2, 0.25) is 11.8 Å². The Kier molecular flexibility index (Phi) is 10.2. The highest BCUT2D eigenvalue weighted by atomic mass is 19.1. The number of aromatic amines is 2. The third kappa shape index (κ3) is 7.08. The molecule has 10 nitrogen and oxygen atoms in total. The fourth-order valence-corrected chi connectivity index (χ4v) is 8.33. The van der Waals surface area contributed by atoms with Crippen LogP contribution in [0.25, 0.3) is 22.3 Å². The van der Waals surface area contributed by atoms with Gasteiger partial charge in [-0.2, -0.15) is 0 Å². The summed E-state index contributed by atoms with van der Waals surface area (Å²) in [5.74, 6) is 6.77. The SMILES string of the molecule is COC(=O)C[C@H](C(=O)N1[C@@H]2C[C@@H]([C@H]1c1nc3ccc(C#Cc4ccc(-c5cnc([C@@H]6CCCN6C(=O)[C@@H](C)C(C)C)[nH]5)cc4)cc3[nH]1)[C@@H](F)C2)C(C)C. The molecule has 2 aromatic carbocycles. The summed E-state index contributed by atoms with van der Waals surface area (Å²) in [6.45, 7) is 10.8. The molecule has 53 heavy (non-hydrogen) atoms. The molecule has 4 heterocycles. The maximum Gasteiger partial charge on any atom is 0.306 e. The van der Waals surface area contributed by atoms with E-state index < -0.39 is 24.1 Å². The van der Waals surface area contributed by atoms with Crippen molar-refractivity contribution in [3.63, 3.8) is 0 Å². The van der Waals surface area contributed by atoms with Crippen LogP contribution in [0.2, 0.25) is 0 Å². The Morgan fingerprint density at radius 2 is 1.68 bits per heavy atom. The number of alkyl halides is 1. The average molecular weight is 721 g/mol. The number of likely N-dealkylation sites (tertiary alicyclic amines) is 2. The highest BCUT2D eigenvalue weighted by molar-refractivity contribution is 5.85. The summed E-state index contributed by atoms with van der Waals surface area (Å²) in [4.78, 5) is 59.4. The summed E-state index contributed by atoms with van der Waals surface area (Å²) >= 11 is 0. The van der Waals surface area contributed by atoms with E-state index in [2.05, 4.69) is 40.6 Å². The van der Waals surface area contributed by atoms with Gasteiger partial charge in [0.1, 0.15) is 17.8 Å². The van der Waals surface area contributed by atoms with E-state index in [9.17, 15) is 14.4 Å². The third-order valence-electron chi connectivity index (χ3n) is 11.8. The zero-order chi connectivity index (χ0) is 37.6. The number of imidazole rings is 2. The van der Waals surface area contributed by atoms with Crippen molar-refractivity contribution in [1.29, 1.82) is 0 Å². The summed E-state index contributed by atoms with van der Waals surface area (Å²) in [5.41, 5.74) is 5.01. The average Bonchev–Trinajstić information content (AvgIpc) is 3.99. The first kappa shape index (κ1) is 36.4. The molecule has 3 aliphatic rings. The summed E-state index contributed by atoms with van der Waals surface area (Å²) in [6.07, 6.45) is 3.56. The van der Waals surface area contributed by atoms with Gasteiger partial charge in [0, 0.05) is 35.5 Å². The van der Waals surface area contributed by atoms with Crippen molar-refractivity contribution in [2.45, 2.75) is 91.0 Å². The van der Waals surface area contributed by atoms with Crippen LogP contribution in [0.15, 0.2) is 48.7 Å². The van der Waals surface area contributed by atoms with Gasteiger partial charge in [-0.15, -0.1) is 0 Å². The quantitative estimate of drug-likeness (QED) is 0.140. The van der Waals surface area contributed by atoms with Crippen molar-refractivity contribution in [2.75, 3.05) is 13.7 Å². The van der Waals surface area contributed by atoms with Crippen LogP contribution < -0.4 is 0 Å². The number of H-pyrrole nitrogens is 2. The minimum Gasteiger partial charge on any atom is -0.469 e. The maximum absolute atomic E-state index is 15.2. The Hall–Kier alpha value is -4.98. The second kappa shape index (κ2) is 14.8. The van der Waals surface area contributed by atoms with Crippen LogP contribution in [0.1, 0.15) is 102 Å². The predicted molar refractivity (Wildman–Crippen MR) is 200 cm³/mol. The van der Waals surface area contributed by atoms with Crippen molar-refractivity contribution >= 4 is 28.8 Å². The van der Waals surface area contributed by atoms with Crippen molar-refractivity contribution in [1.82, 2.24) is 29.7 Å². The number of nitrogens with one attached hydrogen (secondary N) is 2. The van der Waals surface area contributed by atoms with Crippen molar-refractivity contribution in [2.24, 2.45) is 29.6 Å². The van der Waals surface area contributed by atoms with Crippen LogP contribution in [0, 0.1) is 41.4 Å². The number of methoxy groups -OCH3 is 1. The van der Waals surface area contributed by atoms with Gasteiger partial charge in [-0.05, 0) is 73.4 Å². The summed E-state index contributed by atoms with van der Waals surface area (Å²) in [7, 11) is 1.32. The van der Waals surface area contributed by atoms with E-state index in [-0.39, 0.29) is 54.0 Å². The lowest BCUT2D eigenvalue weighted by molar-refractivity contribution is -0.151. The summed E-state index contributed by atoms with van der Waals surface area (Å²) in [6, 6.07) is 12.9. The highest BCUT2D eigenvalue weighted by Gasteiger charge is 2.56. The molecule has 278 valence electrons. The fraction of sp³-hybridized carbons (Fsp3) is 0.500. The number of hydrogen-bond acceptors (Lipinski definition) is 6. The first-order valence-electron chi connectivity index (χ1n) is 18.9. The Balaban J connectivity index is 1.06. The van der Waals surface area contributed by atoms with Gasteiger partial charge >= 0.3 is 5.97 Å². The molecule has 7 rings (SSSR count). The molecular formula is C42H49FN6O4. The van der Waals surface area contributed by atoms with Crippen LogP contribution in [0.5, 0.6) is 0 Å². The van der Waals surface area contributed by atoms with E-state index in [1.165, 1.54) is 7.11 Å². The molecule has 7 atom stereocenters. The Bertz CT molecular complexity index is 2060. The maximum atomic E-state index is 15.2. The molecule has 2 amide bonds. The summed E-state index contributed by atoms with van der Waals surface area (Å²) < 4.78 is 20.1. The lowest BCUT2D eigenvalue weighted by atomic mass is 9.88. The molecule has 3 fully saturated rings. The first-order chi connectivity index (χ1) is 25.4. The largest absolute Gasteiger partial charge is 0.469 e. The molecule has 2 bridgehead atoms. The van der Waals surface area contributed by atoms with Crippen LogP contribution in [0.3, 0.4) is 0 Å². The normalized spacial score (nSPS) is 23.5. The van der Waals surface area contributed by atoms with Crippen LogP contribution in [-0.4, -0.2) is 73.4 Å². The number of aromatic nitrogens is 4. The second-order valence-corrected chi connectivity index (χ2v) is 15.7. The number of halogens is 1. The lowest BCUT2D eigenvalue weighted by Gasteiger charge is -2.38. The minimum atomic E-state index is -1.02. The van der Waals surface area contributed by atoms with Crippen molar-refractivity contribution in [3.8, 4) is 23.1 Å². The number of fused-ring (bicyclic) bond motifs is 3. The molecule has 0 radical (unpaired) electrons. The molecule has 0 unspecified atom stereocenters. The van der Waals surface area contributed by atoms with Crippen molar-refractivity contribution < 1.29 is 23.5 Å². The van der Waals surface area contributed by atoms with E-state index in [1.807, 2.05) is 74.3 Å². The molecule has 2 N–H and O–H groups in total. The number of benzene rings is 2. The molecular weight excluding hydrogens is 671 g/mol. The molecule has 11 heteroatoms. The van der Waals surface area contributed by atoms with Crippen LogP contribution >= 0.6 is 0 Å². The lowest BCUT2D eigenvalue weighted by Crippen LogP contribution is -2.47. The molecule has 4 aromatic rings. The molecule has 1 saturated carbocycles. The first-order valence-corrected chi connectivity index (χ1v) is 18.9. The van der Waals surface area contributed by atoms with Gasteiger partial charge in [-0.3, -0.25) is 14.4 Å². The monoisotopic (exact) mass is 720 g/mol. The number of carbonyl (C=O) groups excluding carboxylic acids is 3. The topological polar surface area (TPSA) is 124 Å². The molecule has 2 aliphatic heterocycles. The van der Waals surface area contributed by atoms with Gasteiger partial charge in [-0.1, -0.05) is 58.6 Å². The predicted octanol–water partition coefficient (Wildman–Crippen LogP) is 7.14. The van der Waals surface area contributed by atoms with Gasteiger partial charge in [0.15, 0.2) is 0 Å². The van der Waals surface area contributed by atoms with E-state index >= 15 is 4.39 Å². The third-order valence-corrected chi connectivity index (χ3v) is 11.8. The van der Waals surface area contributed by atoms with Gasteiger partial charge in [0.05, 0.1) is 54.5 Å². The van der Waals surface area contributed by atoms with Gasteiger partial charge in [-0.25, -0.2) is 14.4 Å². The number of ether oxygens (including phenoxy) is 1. The number of nitrogens with zero attached hydrogens (tertiary/aromatic N) is 4. The summed E-state index contributed by atoms with van der Waals surface area (Å²) in [5, 5.41) is 0. The van der Waals surface area contributed by atoms with E-state index in [0.717, 1.165) is 53.1 Å². The van der Waals surface area contributed by atoms with Crippen molar-refractivity contribution in [3.05, 3.63) is 71.4 Å². The van der Waals surface area contributed by atoms with E-state index in [0.29, 0.717) is 24.2 Å². The molecule has 1 aliphatic carbocycles. The number of piperidine rings is 1. The number of rotatable bonds is 9. The smallest absolute Gasteiger partial charge is 0.306 e. The Morgan fingerprint density at radius 1 is 0.943 bits per heavy atom. The number of esters is 1.